The topological polar surface area (TPSA) is 0 Å². The Labute approximate surface area is 177 Å². The molecule has 0 radical (unpaired) electrons. The Hall–Kier alpha value is -2.08. The zero-order valence-electron chi connectivity index (χ0n) is 18.3. The van der Waals surface area contributed by atoms with Crippen LogP contribution in [0.3, 0.4) is 0 Å². The first kappa shape index (κ1) is 20.2. The number of hydrogen-bond donors (Lipinski definition) is 0. The predicted octanol–water partition coefficient (Wildman–Crippen LogP) is 8.61. The zero-order chi connectivity index (χ0) is 20.1. The van der Waals surface area contributed by atoms with E-state index in [1.165, 1.54) is 90.8 Å². The Morgan fingerprint density at radius 2 is 1.24 bits per heavy atom. The van der Waals surface area contributed by atoms with Crippen LogP contribution in [0.1, 0.15) is 69.9 Å². The summed E-state index contributed by atoms with van der Waals surface area (Å²) >= 11 is 0. The van der Waals surface area contributed by atoms with Crippen LogP contribution >= 0.6 is 0 Å². The summed E-state index contributed by atoms with van der Waals surface area (Å²) in [5.41, 5.74) is 5.60. The summed E-state index contributed by atoms with van der Waals surface area (Å²) in [5, 5.41) is 2.70. The van der Waals surface area contributed by atoms with E-state index in [9.17, 15) is 0 Å². The van der Waals surface area contributed by atoms with Crippen molar-refractivity contribution in [1.29, 1.82) is 0 Å². The molecule has 1 aliphatic carbocycles. The molecule has 3 aromatic rings. The van der Waals surface area contributed by atoms with Crippen molar-refractivity contribution in [3.05, 3.63) is 71.8 Å². The molecule has 29 heavy (non-hydrogen) atoms. The second kappa shape index (κ2) is 9.61. The van der Waals surface area contributed by atoms with Crippen molar-refractivity contribution >= 4 is 10.8 Å². The van der Waals surface area contributed by atoms with Gasteiger partial charge in [-0.25, -0.2) is 0 Å². The molecule has 4 rings (SSSR count). The van der Waals surface area contributed by atoms with Crippen LogP contribution < -0.4 is 0 Å². The molecule has 0 aliphatic heterocycles. The number of hydrogen-bond acceptors (Lipinski definition) is 0. The lowest BCUT2D eigenvalue weighted by Gasteiger charge is -2.27. The van der Waals surface area contributed by atoms with Crippen LogP contribution in [-0.4, -0.2) is 0 Å². The van der Waals surface area contributed by atoms with Gasteiger partial charge >= 0.3 is 0 Å². The monoisotopic (exact) mass is 384 g/mol. The Kier molecular flexibility index (Phi) is 6.70. The fourth-order valence-electron chi connectivity index (χ4n) is 5.08. The molecule has 0 heteroatoms. The van der Waals surface area contributed by atoms with Gasteiger partial charge in [0, 0.05) is 0 Å². The highest BCUT2D eigenvalue weighted by Crippen LogP contribution is 2.33. The van der Waals surface area contributed by atoms with Crippen molar-refractivity contribution in [2.75, 3.05) is 0 Å². The molecule has 0 spiro atoms. The molecule has 0 atom stereocenters. The first-order valence-corrected chi connectivity index (χ1v) is 11.9. The van der Waals surface area contributed by atoms with Crippen LogP contribution in [0.4, 0.5) is 0 Å². The number of aryl methyl sites for hydroxylation is 2. The maximum atomic E-state index is 2.35. The van der Waals surface area contributed by atoms with Gasteiger partial charge in [-0.15, -0.1) is 0 Å². The highest BCUT2D eigenvalue weighted by molar-refractivity contribution is 5.87. The molecular formula is C29H36. The van der Waals surface area contributed by atoms with Gasteiger partial charge in [0.2, 0.25) is 0 Å². The normalized spacial score (nSPS) is 19.5. The maximum absolute atomic E-state index is 2.35. The van der Waals surface area contributed by atoms with Gasteiger partial charge in [0.1, 0.15) is 0 Å². The molecule has 0 heterocycles. The first-order valence-electron chi connectivity index (χ1n) is 11.9. The van der Waals surface area contributed by atoms with Gasteiger partial charge in [-0.05, 0) is 70.2 Å². The maximum Gasteiger partial charge on any atom is -0.0178 e. The molecule has 0 N–H and O–H groups in total. The summed E-state index contributed by atoms with van der Waals surface area (Å²) in [6, 6.07) is 23.1. The van der Waals surface area contributed by atoms with Crippen molar-refractivity contribution < 1.29 is 0 Å². The van der Waals surface area contributed by atoms with E-state index in [1.54, 1.807) is 0 Å². The standard InChI is InChI=1S/C29H36/c1-3-5-25-14-17-29-21-28(19-18-27(29)20-25)26-15-12-24(13-16-26)11-10-23-8-6-22(4-2)7-9-23/h12-23H,3-11H2,1-2H3. The SMILES string of the molecule is CCCc1ccc2cc(-c3ccc(CCC4CCC(CC)CC4)cc3)ccc2c1. The Morgan fingerprint density at radius 3 is 1.97 bits per heavy atom. The van der Waals surface area contributed by atoms with Gasteiger partial charge < -0.3 is 0 Å². The Morgan fingerprint density at radius 1 is 0.621 bits per heavy atom. The van der Waals surface area contributed by atoms with E-state index in [0.717, 1.165) is 11.8 Å². The fraction of sp³-hybridized carbons (Fsp3) is 0.448. The predicted molar refractivity (Wildman–Crippen MR) is 127 cm³/mol. The molecule has 0 unspecified atom stereocenters. The van der Waals surface area contributed by atoms with Gasteiger partial charge in [0.15, 0.2) is 0 Å². The van der Waals surface area contributed by atoms with Crippen molar-refractivity contribution in [2.45, 2.75) is 71.6 Å². The van der Waals surface area contributed by atoms with E-state index in [1.807, 2.05) is 0 Å². The van der Waals surface area contributed by atoms with Crippen molar-refractivity contribution in [3.8, 4) is 11.1 Å². The summed E-state index contributed by atoms with van der Waals surface area (Å²) in [4.78, 5) is 0. The molecule has 1 saturated carbocycles. The minimum absolute atomic E-state index is 0.954. The average Bonchev–Trinajstić information content (AvgIpc) is 2.78. The van der Waals surface area contributed by atoms with Gasteiger partial charge in [-0.3, -0.25) is 0 Å². The van der Waals surface area contributed by atoms with Crippen LogP contribution in [0.5, 0.6) is 0 Å². The third kappa shape index (κ3) is 5.10. The minimum atomic E-state index is 0.954. The van der Waals surface area contributed by atoms with Crippen molar-refractivity contribution in [3.63, 3.8) is 0 Å². The lowest BCUT2D eigenvalue weighted by Crippen LogP contribution is -2.14. The Bertz CT molecular complexity index is 910. The second-order valence-corrected chi connectivity index (χ2v) is 9.18. The van der Waals surface area contributed by atoms with E-state index >= 15 is 0 Å². The minimum Gasteiger partial charge on any atom is -0.0651 e. The summed E-state index contributed by atoms with van der Waals surface area (Å²) in [5.74, 6) is 1.96. The summed E-state index contributed by atoms with van der Waals surface area (Å²) in [6.45, 7) is 4.60. The Balaban J connectivity index is 1.39. The van der Waals surface area contributed by atoms with Crippen LogP contribution in [0.25, 0.3) is 21.9 Å². The van der Waals surface area contributed by atoms with Crippen LogP contribution in [0.15, 0.2) is 60.7 Å². The molecule has 0 bridgehead atoms. The largest absolute Gasteiger partial charge is 0.0651 e. The molecule has 0 aromatic heterocycles. The number of benzene rings is 3. The quantitative estimate of drug-likeness (QED) is 0.382. The third-order valence-electron chi connectivity index (χ3n) is 7.12. The van der Waals surface area contributed by atoms with Crippen molar-refractivity contribution in [2.24, 2.45) is 11.8 Å². The third-order valence-corrected chi connectivity index (χ3v) is 7.12. The highest BCUT2D eigenvalue weighted by Gasteiger charge is 2.19. The van der Waals surface area contributed by atoms with Crippen LogP contribution in [0, 0.1) is 11.8 Å². The lowest BCUT2D eigenvalue weighted by atomic mass is 9.78. The van der Waals surface area contributed by atoms with E-state index in [-0.39, 0.29) is 0 Å². The average molecular weight is 385 g/mol. The fourth-order valence-corrected chi connectivity index (χ4v) is 5.08. The van der Waals surface area contributed by atoms with Gasteiger partial charge in [-0.2, -0.15) is 0 Å². The van der Waals surface area contributed by atoms with E-state index in [2.05, 4.69) is 74.5 Å². The molecule has 1 fully saturated rings. The number of fused-ring (bicyclic) bond motifs is 1. The smallest absolute Gasteiger partial charge is 0.0178 e. The number of rotatable bonds is 7. The van der Waals surface area contributed by atoms with Crippen molar-refractivity contribution in [1.82, 2.24) is 0 Å². The van der Waals surface area contributed by atoms with E-state index in [4.69, 9.17) is 0 Å². The molecule has 0 amide bonds. The molecule has 0 nitrogen and oxygen atoms in total. The van der Waals surface area contributed by atoms with E-state index in [0.29, 0.717) is 0 Å². The second-order valence-electron chi connectivity index (χ2n) is 9.18. The van der Waals surface area contributed by atoms with Gasteiger partial charge in [0.05, 0.1) is 0 Å². The molecule has 152 valence electrons. The van der Waals surface area contributed by atoms with Crippen LogP contribution in [0.2, 0.25) is 0 Å². The lowest BCUT2D eigenvalue weighted by molar-refractivity contribution is 0.259. The first-order chi connectivity index (χ1) is 14.2. The highest BCUT2D eigenvalue weighted by atomic mass is 14.2. The molecular weight excluding hydrogens is 348 g/mol. The summed E-state index contributed by atoms with van der Waals surface area (Å²) in [7, 11) is 0. The van der Waals surface area contributed by atoms with Gasteiger partial charge in [-0.1, -0.05) is 107 Å². The molecule has 3 aromatic carbocycles. The summed E-state index contributed by atoms with van der Waals surface area (Å²) in [6.07, 6.45) is 12.2. The molecule has 0 saturated heterocycles. The van der Waals surface area contributed by atoms with Crippen LogP contribution in [-0.2, 0) is 12.8 Å². The summed E-state index contributed by atoms with van der Waals surface area (Å²) < 4.78 is 0. The van der Waals surface area contributed by atoms with E-state index < -0.39 is 0 Å². The van der Waals surface area contributed by atoms with Gasteiger partial charge in [0.25, 0.3) is 0 Å². The molecule has 1 aliphatic rings. The zero-order valence-corrected chi connectivity index (χ0v) is 18.3.